The Kier molecular flexibility index (Phi) is 3.28. The van der Waals surface area contributed by atoms with Gasteiger partial charge in [-0.3, -0.25) is 0 Å². The highest BCUT2D eigenvalue weighted by molar-refractivity contribution is 7.89. The molecular formula is C8H15N3O2S. The minimum atomic E-state index is -3.40. The van der Waals surface area contributed by atoms with E-state index in [9.17, 15) is 8.42 Å². The second-order valence-electron chi connectivity index (χ2n) is 3.58. The van der Waals surface area contributed by atoms with Crippen LogP contribution < -0.4 is 4.72 Å². The van der Waals surface area contributed by atoms with Crippen molar-refractivity contribution in [2.24, 2.45) is 5.92 Å². The van der Waals surface area contributed by atoms with Gasteiger partial charge in [-0.25, -0.2) is 18.1 Å². The van der Waals surface area contributed by atoms with E-state index in [2.05, 4.69) is 14.7 Å². The van der Waals surface area contributed by atoms with Crippen LogP contribution in [0.4, 0.5) is 0 Å². The number of nitrogens with zero attached hydrogens (tertiary/aromatic N) is 1. The smallest absolute Gasteiger partial charge is 0.257 e. The van der Waals surface area contributed by atoms with E-state index in [1.807, 2.05) is 13.8 Å². The summed E-state index contributed by atoms with van der Waals surface area (Å²) in [6, 6.07) is 0. The van der Waals surface area contributed by atoms with Crippen LogP contribution >= 0.6 is 0 Å². The standard InChI is InChI=1S/C8H15N3O2S/c1-6(2)4-10-14(12,13)8-5-9-7(3)11-8/h5-6,10H,4H2,1-3H3,(H,9,11). The van der Waals surface area contributed by atoms with Gasteiger partial charge in [-0.1, -0.05) is 13.8 Å². The van der Waals surface area contributed by atoms with Gasteiger partial charge in [0.2, 0.25) is 0 Å². The molecule has 0 aliphatic carbocycles. The molecule has 0 aromatic carbocycles. The first-order valence-electron chi connectivity index (χ1n) is 4.43. The molecule has 0 atom stereocenters. The van der Waals surface area contributed by atoms with Crippen molar-refractivity contribution in [3.05, 3.63) is 12.0 Å². The Morgan fingerprint density at radius 3 is 2.64 bits per heavy atom. The molecule has 0 bridgehead atoms. The van der Waals surface area contributed by atoms with Crippen LogP contribution in [0.25, 0.3) is 0 Å². The molecule has 0 saturated carbocycles. The van der Waals surface area contributed by atoms with Crippen LogP contribution in [0.2, 0.25) is 0 Å². The minimum Gasteiger partial charge on any atom is -0.332 e. The average molecular weight is 217 g/mol. The lowest BCUT2D eigenvalue weighted by molar-refractivity contribution is 0.557. The maximum Gasteiger partial charge on any atom is 0.257 e. The normalized spacial score (nSPS) is 12.3. The predicted molar refractivity (Wildman–Crippen MR) is 53.4 cm³/mol. The SMILES string of the molecule is Cc1ncc(S(=O)(=O)NCC(C)C)[nH]1. The first-order valence-corrected chi connectivity index (χ1v) is 5.91. The van der Waals surface area contributed by atoms with Crippen LogP contribution in [0.15, 0.2) is 11.2 Å². The van der Waals surface area contributed by atoms with Crippen molar-refractivity contribution in [3.63, 3.8) is 0 Å². The number of aryl methyl sites for hydroxylation is 1. The molecule has 1 aromatic rings. The van der Waals surface area contributed by atoms with Crippen LogP contribution in [0.1, 0.15) is 19.7 Å². The van der Waals surface area contributed by atoms with E-state index in [0.717, 1.165) is 0 Å². The zero-order valence-electron chi connectivity index (χ0n) is 8.53. The van der Waals surface area contributed by atoms with Crippen molar-refractivity contribution >= 4 is 10.0 Å². The molecule has 0 aliphatic heterocycles. The third-order valence-electron chi connectivity index (χ3n) is 1.65. The summed E-state index contributed by atoms with van der Waals surface area (Å²) < 4.78 is 25.6. The topological polar surface area (TPSA) is 74.8 Å². The summed E-state index contributed by atoms with van der Waals surface area (Å²) in [6.45, 7) is 6.03. The van der Waals surface area contributed by atoms with Gasteiger partial charge in [0.15, 0.2) is 5.03 Å². The number of rotatable bonds is 4. The summed E-state index contributed by atoms with van der Waals surface area (Å²) in [5.41, 5.74) is 0. The lowest BCUT2D eigenvalue weighted by atomic mass is 10.2. The maximum absolute atomic E-state index is 11.6. The van der Waals surface area contributed by atoms with Crippen molar-refractivity contribution in [2.45, 2.75) is 25.8 Å². The molecule has 0 fully saturated rings. The van der Waals surface area contributed by atoms with E-state index in [0.29, 0.717) is 12.4 Å². The molecule has 1 rings (SSSR count). The number of imidazole rings is 1. The molecule has 0 unspecified atom stereocenters. The zero-order valence-corrected chi connectivity index (χ0v) is 9.35. The molecule has 14 heavy (non-hydrogen) atoms. The lowest BCUT2D eigenvalue weighted by Gasteiger charge is -2.06. The number of hydrogen-bond acceptors (Lipinski definition) is 3. The molecule has 0 radical (unpaired) electrons. The number of aromatic nitrogens is 2. The van der Waals surface area contributed by atoms with E-state index in [1.54, 1.807) is 6.92 Å². The third kappa shape index (κ3) is 2.81. The van der Waals surface area contributed by atoms with Gasteiger partial charge in [-0.2, -0.15) is 0 Å². The molecule has 6 heteroatoms. The van der Waals surface area contributed by atoms with Crippen LogP contribution in [-0.4, -0.2) is 24.9 Å². The Bertz CT molecular complexity index is 394. The molecule has 0 amide bonds. The van der Waals surface area contributed by atoms with Gasteiger partial charge in [0.05, 0.1) is 6.20 Å². The quantitative estimate of drug-likeness (QED) is 0.777. The molecule has 0 saturated heterocycles. The Labute approximate surface area is 84.0 Å². The van der Waals surface area contributed by atoms with Gasteiger partial charge >= 0.3 is 0 Å². The highest BCUT2D eigenvalue weighted by atomic mass is 32.2. The van der Waals surface area contributed by atoms with Gasteiger partial charge in [0.25, 0.3) is 10.0 Å². The molecule has 1 aromatic heterocycles. The Morgan fingerprint density at radius 2 is 2.21 bits per heavy atom. The van der Waals surface area contributed by atoms with Crippen LogP contribution in [-0.2, 0) is 10.0 Å². The maximum atomic E-state index is 11.6. The summed E-state index contributed by atoms with van der Waals surface area (Å²) in [6.07, 6.45) is 1.32. The average Bonchev–Trinajstić information content (AvgIpc) is 2.49. The summed E-state index contributed by atoms with van der Waals surface area (Å²) in [5.74, 6) is 0.878. The van der Waals surface area contributed by atoms with E-state index >= 15 is 0 Å². The summed E-state index contributed by atoms with van der Waals surface area (Å²) >= 11 is 0. The summed E-state index contributed by atoms with van der Waals surface area (Å²) in [5, 5.41) is 0.121. The first-order chi connectivity index (χ1) is 6.42. The van der Waals surface area contributed by atoms with Gasteiger partial charge < -0.3 is 4.98 Å². The molecule has 2 N–H and O–H groups in total. The Balaban J connectivity index is 2.76. The Hall–Kier alpha value is -0.880. The van der Waals surface area contributed by atoms with Crippen LogP contribution in [0.5, 0.6) is 0 Å². The van der Waals surface area contributed by atoms with E-state index in [4.69, 9.17) is 0 Å². The zero-order chi connectivity index (χ0) is 10.8. The molecule has 80 valence electrons. The molecule has 0 aliphatic rings. The van der Waals surface area contributed by atoms with Crippen LogP contribution in [0, 0.1) is 12.8 Å². The number of aromatic amines is 1. The fourth-order valence-corrected chi connectivity index (χ4v) is 2.07. The molecule has 1 heterocycles. The minimum absolute atomic E-state index is 0.121. The fourth-order valence-electron chi connectivity index (χ4n) is 0.889. The first kappa shape index (κ1) is 11.2. The monoisotopic (exact) mass is 217 g/mol. The third-order valence-corrected chi connectivity index (χ3v) is 2.98. The largest absolute Gasteiger partial charge is 0.332 e. The number of nitrogens with one attached hydrogen (secondary N) is 2. The van der Waals surface area contributed by atoms with Crippen LogP contribution in [0.3, 0.4) is 0 Å². The highest BCUT2D eigenvalue weighted by Gasteiger charge is 2.15. The number of H-pyrrole nitrogens is 1. The van der Waals surface area contributed by atoms with E-state index in [1.165, 1.54) is 6.20 Å². The fraction of sp³-hybridized carbons (Fsp3) is 0.625. The van der Waals surface area contributed by atoms with Crippen molar-refractivity contribution in [2.75, 3.05) is 6.54 Å². The second kappa shape index (κ2) is 4.10. The van der Waals surface area contributed by atoms with Gasteiger partial charge in [0.1, 0.15) is 5.82 Å². The number of hydrogen-bond donors (Lipinski definition) is 2. The van der Waals surface area contributed by atoms with Crippen molar-refractivity contribution < 1.29 is 8.42 Å². The summed E-state index contributed by atoms with van der Waals surface area (Å²) in [4.78, 5) is 6.51. The number of sulfonamides is 1. The molecule has 0 spiro atoms. The van der Waals surface area contributed by atoms with Gasteiger partial charge in [0, 0.05) is 6.54 Å². The van der Waals surface area contributed by atoms with Crippen molar-refractivity contribution in [1.29, 1.82) is 0 Å². The van der Waals surface area contributed by atoms with Crippen molar-refractivity contribution in [1.82, 2.24) is 14.7 Å². The second-order valence-corrected chi connectivity index (χ2v) is 5.31. The van der Waals surface area contributed by atoms with E-state index in [-0.39, 0.29) is 10.9 Å². The highest BCUT2D eigenvalue weighted by Crippen LogP contribution is 2.04. The molecule has 5 nitrogen and oxygen atoms in total. The molecular weight excluding hydrogens is 202 g/mol. The predicted octanol–water partition coefficient (Wildman–Crippen LogP) is 0.652. The van der Waals surface area contributed by atoms with Gasteiger partial charge in [-0.05, 0) is 12.8 Å². The Morgan fingerprint density at radius 1 is 1.57 bits per heavy atom. The van der Waals surface area contributed by atoms with E-state index < -0.39 is 10.0 Å². The van der Waals surface area contributed by atoms with Crippen molar-refractivity contribution in [3.8, 4) is 0 Å². The van der Waals surface area contributed by atoms with Gasteiger partial charge in [-0.15, -0.1) is 0 Å². The lowest BCUT2D eigenvalue weighted by Crippen LogP contribution is -2.27. The summed E-state index contributed by atoms with van der Waals surface area (Å²) in [7, 11) is -3.40.